The Morgan fingerprint density at radius 2 is 2.05 bits per heavy atom. The number of H-pyrrole nitrogens is 2. The van der Waals surface area contributed by atoms with Crippen molar-refractivity contribution in [2.24, 2.45) is 0 Å². The van der Waals surface area contributed by atoms with Gasteiger partial charge in [0.2, 0.25) is 0 Å². The Hall–Kier alpha value is -3.22. The molecule has 0 aliphatic heterocycles. The predicted molar refractivity (Wildman–Crippen MR) is 79.1 cm³/mol. The number of ether oxygens (including phenoxy) is 1. The molecule has 0 spiro atoms. The second kappa shape index (κ2) is 4.96. The molecule has 0 amide bonds. The summed E-state index contributed by atoms with van der Waals surface area (Å²) in [6, 6.07) is 10.9. The molecular formula is C15H11N5O2. The third-order valence-electron chi connectivity index (χ3n) is 3.45. The number of fused-ring (bicyclic) bond motifs is 2. The normalized spacial score (nSPS) is 11.1. The summed E-state index contributed by atoms with van der Waals surface area (Å²) in [5, 5.41) is 18.2. The lowest BCUT2D eigenvalue weighted by molar-refractivity contribution is 0.0475. The van der Waals surface area contributed by atoms with Crippen LogP contribution in [0.1, 0.15) is 15.9 Å². The van der Waals surface area contributed by atoms with Gasteiger partial charge < -0.3 is 4.74 Å². The maximum absolute atomic E-state index is 12.2. The number of aromatic amines is 2. The summed E-state index contributed by atoms with van der Waals surface area (Å²) in [5.74, 6) is -0.393. The van der Waals surface area contributed by atoms with Crippen molar-refractivity contribution in [3.8, 4) is 0 Å². The van der Waals surface area contributed by atoms with Crippen LogP contribution in [0.5, 0.6) is 0 Å². The van der Waals surface area contributed by atoms with Crippen LogP contribution in [0, 0.1) is 0 Å². The molecule has 0 saturated carbocycles. The first-order valence-electron chi connectivity index (χ1n) is 6.70. The molecule has 0 radical (unpaired) electrons. The molecule has 2 N–H and O–H groups in total. The lowest BCUT2D eigenvalue weighted by atomic mass is 10.1. The zero-order valence-corrected chi connectivity index (χ0v) is 11.4. The van der Waals surface area contributed by atoms with Crippen molar-refractivity contribution in [1.29, 1.82) is 0 Å². The first-order chi connectivity index (χ1) is 10.8. The highest BCUT2D eigenvalue weighted by molar-refractivity contribution is 6.02. The summed E-state index contributed by atoms with van der Waals surface area (Å²) < 4.78 is 5.37. The number of rotatable bonds is 3. The summed E-state index contributed by atoms with van der Waals surface area (Å²) in [5.41, 5.74) is 3.52. The minimum atomic E-state index is -0.393. The highest BCUT2D eigenvalue weighted by Gasteiger charge is 2.13. The van der Waals surface area contributed by atoms with Gasteiger partial charge >= 0.3 is 5.97 Å². The molecule has 0 aliphatic carbocycles. The SMILES string of the molecule is O=C(OCc1ccc2n[nH]nc2c1)c1cccc2cn[nH]c12. The van der Waals surface area contributed by atoms with Crippen LogP contribution in [0.3, 0.4) is 0 Å². The first kappa shape index (κ1) is 12.5. The quantitative estimate of drug-likeness (QED) is 0.564. The van der Waals surface area contributed by atoms with Gasteiger partial charge in [-0.1, -0.05) is 18.2 Å². The predicted octanol–water partition coefficient (Wildman–Crippen LogP) is 2.19. The van der Waals surface area contributed by atoms with Gasteiger partial charge in [-0.2, -0.15) is 20.5 Å². The molecule has 0 aliphatic rings. The van der Waals surface area contributed by atoms with Crippen LogP contribution >= 0.6 is 0 Å². The van der Waals surface area contributed by atoms with Crippen molar-refractivity contribution in [3.05, 3.63) is 53.7 Å². The second-order valence-electron chi connectivity index (χ2n) is 4.86. The standard InChI is InChI=1S/C15H11N5O2/c21-15(11-3-1-2-10-7-16-19-14(10)11)22-8-9-4-5-12-13(6-9)18-20-17-12/h1-7H,8H2,(H,16,19)(H,17,18,20). The molecule has 7 heteroatoms. The molecule has 22 heavy (non-hydrogen) atoms. The van der Waals surface area contributed by atoms with E-state index in [2.05, 4.69) is 25.6 Å². The topological polar surface area (TPSA) is 96.6 Å². The molecule has 0 saturated heterocycles. The number of carbonyl (C=O) groups is 1. The van der Waals surface area contributed by atoms with Gasteiger partial charge in [-0.25, -0.2) is 4.79 Å². The van der Waals surface area contributed by atoms with Gasteiger partial charge in [-0.05, 0) is 23.8 Å². The van der Waals surface area contributed by atoms with Crippen LogP contribution in [-0.4, -0.2) is 31.6 Å². The van der Waals surface area contributed by atoms with E-state index in [1.165, 1.54) is 0 Å². The molecular weight excluding hydrogens is 282 g/mol. The number of nitrogens with zero attached hydrogens (tertiary/aromatic N) is 3. The molecule has 7 nitrogen and oxygen atoms in total. The average Bonchev–Trinajstić information content (AvgIpc) is 3.20. The largest absolute Gasteiger partial charge is 0.457 e. The Morgan fingerprint density at radius 3 is 3.00 bits per heavy atom. The summed E-state index contributed by atoms with van der Waals surface area (Å²) in [4.78, 5) is 12.2. The molecule has 2 aromatic carbocycles. The van der Waals surface area contributed by atoms with E-state index in [-0.39, 0.29) is 6.61 Å². The molecule has 4 aromatic rings. The molecule has 108 valence electrons. The average molecular weight is 293 g/mol. The van der Waals surface area contributed by atoms with Crippen molar-refractivity contribution >= 4 is 27.9 Å². The highest BCUT2D eigenvalue weighted by atomic mass is 16.5. The van der Waals surface area contributed by atoms with Gasteiger partial charge in [0.25, 0.3) is 0 Å². The fourth-order valence-corrected chi connectivity index (χ4v) is 2.34. The number of carbonyl (C=O) groups excluding carboxylic acids is 1. The third kappa shape index (κ3) is 2.08. The molecule has 2 heterocycles. The molecule has 0 bridgehead atoms. The van der Waals surface area contributed by atoms with Gasteiger partial charge in [-0.15, -0.1) is 0 Å². The molecule has 0 fully saturated rings. The van der Waals surface area contributed by atoms with E-state index in [1.807, 2.05) is 24.3 Å². The second-order valence-corrected chi connectivity index (χ2v) is 4.86. The minimum absolute atomic E-state index is 0.173. The zero-order valence-electron chi connectivity index (χ0n) is 11.4. The van der Waals surface area contributed by atoms with E-state index >= 15 is 0 Å². The summed E-state index contributed by atoms with van der Waals surface area (Å²) in [6.45, 7) is 0.173. The Bertz CT molecular complexity index is 972. The van der Waals surface area contributed by atoms with Crippen LogP contribution in [-0.2, 0) is 11.3 Å². The van der Waals surface area contributed by atoms with E-state index in [0.717, 1.165) is 22.0 Å². The maximum Gasteiger partial charge on any atom is 0.340 e. The first-order valence-corrected chi connectivity index (χ1v) is 6.70. The van der Waals surface area contributed by atoms with Crippen LogP contribution in [0.4, 0.5) is 0 Å². The van der Waals surface area contributed by atoms with Crippen LogP contribution in [0.2, 0.25) is 0 Å². The Kier molecular flexibility index (Phi) is 2.82. The Balaban J connectivity index is 1.55. The van der Waals surface area contributed by atoms with Crippen molar-refractivity contribution in [2.75, 3.05) is 0 Å². The van der Waals surface area contributed by atoms with Crippen molar-refractivity contribution in [1.82, 2.24) is 25.6 Å². The smallest absolute Gasteiger partial charge is 0.340 e. The monoisotopic (exact) mass is 293 g/mol. The maximum atomic E-state index is 12.2. The number of nitrogens with one attached hydrogen (secondary N) is 2. The van der Waals surface area contributed by atoms with Crippen molar-refractivity contribution in [3.63, 3.8) is 0 Å². The summed E-state index contributed by atoms with van der Waals surface area (Å²) in [6.07, 6.45) is 1.67. The van der Waals surface area contributed by atoms with E-state index in [0.29, 0.717) is 11.1 Å². The number of aromatic nitrogens is 5. The Labute approximate surface area is 124 Å². The minimum Gasteiger partial charge on any atom is -0.457 e. The van der Waals surface area contributed by atoms with Gasteiger partial charge in [-0.3, -0.25) is 5.10 Å². The molecule has 0 unspecified atom stereocenters. The number of para-hydroxylation sites is 1. The van der Waals surface area contributed by atoms with Crippen molar-refractivity contribution in [2.45, 2.75) is 6.61 Å². The summed E-state index contributed by atoms with van der Waals surface area (Å²) >= 11 is 0. The molecule has 0 atom stereocenters. The van der Waals surface area contributed by atoms with E-state index in [4.69, 9.17) is 4.74 Å². The molecule has 2 aromatic heterocycles. The number of benzene rings is 2. The lowest BCUT2D eigenvalue weighted by Crippen LogP contribution is -2.06. The van der Waals surface area contributed by atoms with E-state index in [1.54, 1.807) is 18.3 Å². The van der Waals surface area contributed by atoms with E-state index < -0.39 is 5.97 Å². The fourth-order valence-electron chi connectivity index (χ4n) is 2.34. The number of esters is 1. The summed E-state index contributed by atoms with van der Waals surface area (Å²) in [7, 11) is 0. The van der Waals surface area contributed by atoms with Gasteiger partial charge in [0.15, 0.2) is 0 Å². The number of hydrogen-bond donors (Lipinski definition) is 2. The molecule has 4 rings (SSSR count). The van der Waals surface area contributed by atoms with Crippen LogP contribution < -0.4 is 0 Å². The zero-order chi connectivity index (χ0) is 14.9. The van der Waals surface area contributed by atoms with E-state index in [9.17, 15) is 4.79 Å². The van der Waals surface area contributed by atoms with Crippen LogP contribution in [0.15, 0.2) is 42.6 Å². The lowest BCUT2D eigenvalue weighted by Gasteiger charge is -2.05. The van der Waals surface area contributed by atoms with Gasteiger partial charge in [0.1, 0.15) is 17.6 Å². The van der Waals surface area contributed by atoms with Crippen LogP contribution in [0.25, 0.3) is 21.9 Å². The highest BCUT2D eigenvalue weighted by Crippen LogP contribution is 2.18. The van der Waals surface area contributed by atoms with Gasteiger partial charge in [0.05, 0.1) is 17.3 Å². The number of hydrogen-bond acceptors (Lipinski definition) is 5. The fraction of sp³-hybridized carbons (Fsp3) is 0.0667. The van der Waals surface area contributed by atoms with Gasteiger partial charge in [0, 0.05) is 5.39 Å². The Morgan fingerprint density at radius 1 is 1.14 bits per heavy atom. The third-order valence-corrected chi connectivity index (χ3v) is 3.45. The van der Waals surface area contributed by atoms with Crippen molar-refractivity contribution < 1.29 is 9.53 Å².